The van der Waals surface area contributed by atoms with Crippen LogP contribution in [0.25, 0.3) is 11.0 Å². The van der Waals surface area contributed by atoms with Crippen LogP contribution in [-0.2, 0) is 9.73 Å². The van der Waals surface area contributed by atoms with Gasteiger partial charge in [0.1, 0.15) is 5.65 Å². The third-order valence-corrected chi connectivity index (χ3v) is 7.38. The van der Waals surface area contributed by atoms with Crippen molar-refractivity contribution < 1.29 is 9.32 Å². The Hall–Kier alpha value is -2.00. The lowest BCUT2D eigenvalue weighted by atomic mass is 9.92. The second kappa shape index (κ2) is 8.16. The maximum atomic E-state index is 13.0. The average molecular weight is 448 g/mol. The number of fused-ring (bicyclic) bond motifs is 1. The fourth-order valence-electron chi connectivity index (χ4n) is 5.02. The second-order valence-electron chi connectivity index (χ2n) is 9.68. The number of hydrogen-bond donors (Lipinski definition) is 2. The molecule has 2 saturated carbocycles. The van der Waals surface area contributed by atoms with E-state index in [9.17, 15) is 14.1 Å². The molecule has 31 heavy (non-hydrogen) atoms. The molecule has 2 N–H and O–H groups in total. The number of aliphatic hydroxyl groups is 1. The van der Waals surface area contributed by atoms with Crippen molar-refractivity contribution in [3.63, 3.8) is 0 Å². The van der Waals surface area contributed by atoms with Crippen LogP contribution in [0.2, 0.25) is 0 Å². The van der Waals surface area contributed by atoms with Gasteiger partial charge >= 0.3 is 0 Å². The Kier molecular flexibility index (Phi) is 5.85. The smallest absolute Gasteiger partial charge is 0.255 e. The number of hydrogen-bond acceptors (Lipinski definition) is 7. The fraction of sp³-hybridized carbons (Fsp3) is 0.682. The summed E-state index contributed by atoms with van der Waals surface area (Å²) in [5.74, 6) is 0.498. The standard InChI is InChI=1S/C22H33N5O3S/c1-14-12-15-13-23-21(24-16-7-9-17(10-8-16)26-31(3,4)30)25-19(15)27(20(14)28)18-6-5-11-22(18,2)29/h12-13,16-18,29H,5-11H2,1-4H3,(H,23,24,25)/t16?,17?,18-,22+/m0/s1. The molecular weight excluding hydrogens is 414 g/mol. The second-order valence-corrected chi connectivity index (χ2v) is 12.3. The van der Waals surface area contributed by atoms with Gasteiger partial charge in [-0.1, -0.05) is 0 Å². The van der Waals surface area contributed by atoms with E-state index in [1.807, 2.05) is 6.07 Å². The zero-order chi connectivity index (χ0) is 22.4. The van der Waals surface area contributed by atoms with E-state index in [0.29, 0.717) is 23.6 Å². The summed E-state index contributed by atoms with van der Waals surface area (Å²) in [6.45, 7) is 3.60. The fourth-order valence-corrected chi connectivity index (χ4v) is 5.95. The van der Waals surface area contributed by atoms with Gasteiger partial charge in [-0.3, -0.25) is 13.6 Å². The minimum Gasteiger partial charge on any atom is -0.388 e. The van der Waals surface area contributed by atoms with Gasteiger partial charge in [0, 0.05) is 45.4 Å². The van der Waals surface area contributed by atoms with Crippen molar-refractivity contribution in [1.82, 2.24) is 14.5 Å². The number of pyridine rings is 1. The molecule has 2 heterocycles. The largest absolute Gasteiger partial charge is 0.388 e. The lowest BCUT2D eigenvalue weighted by molar-refractivity contribution is 0.0266. The summed E-state index contributed by atoms with van der Waals surface area (Å²) in [6.07, 6.45) is 11.0. The summed E-state index contributed by atoms with van der Waals surface area (Å²) in [4.78, 5) is 22.3. The Morgan fingerprint density at radius 2 is 1.97 bits per heavy atom. The van der Waals surface area contributed by atoms with Gasteiger partial charge in [0.05, 0.1) is 17.7 Å². The molecule has 2 aliphatic carbocycles. The first-order valence-electron chi connectivity index (χ1n) is 11.1. The van der Waals surface area contributed by atoms with Crippen molar-refractivity contribution in [2.24, 2.45) is 4.36 Å². The van der Waals surface area contributed by atoms with Gasteiger partial charge in [-0.2, -0.15) is 4.98 Å². The number of anilines is 1. The molecule has 9 heteroatoms. The maximum Gasteiger partial charge on any atom is 0.255 e. The summed E-state index contributed by atoms with van der Waals surface area (Å²) < 4.78 is 18.1. The minimum atomic E-state index is -2.08. The summed E-state index contributed by atoms with van der Waals surface area (Å²) in [6, 6.07) is 1.89. The van der Waals surface area contributed by atoms with Crippen molar-refractivity contribution in [3.05, 3.63) is 28.2 Å². The first-order valence-corrected chi connectivity index (χ1v) is 13.4. The molecular formula is C22H33N5O3S. The van der Waals surface area contributed by atoms with Gasteiger partial charge in [0.25, 0.3) is 5.56 Å². The van der Waals surface area contributed by atoms with Gasteiger partial charge in [-0.05, 0) is 64.9 Å². The first-order chi connectivity index (χ1) is 14.5. The van der Waals surface area contributed by atoms with Crippen molar-refractivity contribution >= 4 is 26.7 Å². The average Bonchev–Trinajstić information content (AvgIpc) is 3.02. The number of rotatable bonds is 4. The topological polar surface area (TPSA) is 109 Å². The van der Waals surface area contributed by atoms with Gasteiger partial charge in [0.2, 0.25) is 5.95 Å². The molecule has 0 aromatic carbocycles. The quantitative estimate of drug-likeness (QED) is 0.746. The van der Waals surface area contributed by atoms with Crippen LogP contribution in [0.15, 0.2) is 21.4 Å². The highest BCUT2D eigenvalue weighted by Gasteiger charge is 2.39. The van der Waals surface area contributed by atoms with Gasteiger partial charge < -0.3 is 10.4 Å². The molecule has 0 unspecified atom stereocenters. The Balaban J connectivity index is 1.61. The van der Waals surface area contributed by atoms with Crippen LogP contribution >= 0.6 is 0 Å². The van der Waals surface area contributed by atoms with E-state index in [2.05, 4.69) is 14.7 Å². The summed E-state index contributed by atoms with van der Waals surface area (Å²) in [5.41, 5.74) is 0.169. The summed E-state index contributed by atoms with van der Waals surface area (Å²) in [5, 5.41) is 15.1. The number of aryl methyl sites for hydroxylation is 1. The Morgan fingerprint density at radius 3 is 2.58 bits per heavy atom. The molecule has 0 amide bonds. The first kappa shape index (κ1) is 22.2. The van der Waals surface area contributed by atoms with Crippen molar-refractivity contribution in [2.45, 2.75) is 82.5 Å². The highest BCUT2D eigenvalue weighted by atomic mass is 32.2. The van der Waals surface area contributed by atoms with E-state index < -0.39 is 15.3 Å². The van der Waals surface area contributed by atoms with Gasteiger partial charge in [-0.25, -0.2) is 9.35 Å². The predicted molar refractivity (Wildman–Crippen MR) is 124 cm³/mol. The third-order valence-electron chi connectivity index (χ3n) is 6.58. The molecule has 2 aromatic heterocycles. The van der Waals surface area contributed by atoms with Gasteiger partial charge in [-0.15, -0.1) is 0 Å². The van der Waals surface area contributed by atoms with Crippen LogP contribution in [0.3, 0.4) is 0 Å². The predicted octanol–water partition coefficient (Wildman–Crippen LogP) is 3.03. The zero-order valence-electron chi connectivity index (χ0n) is 18.8. The van der Waals surface area contributed by atoms with Gasteiger partial charge in [0.15, 0.2) is 0 Å². The number of nitrogens with one attached hydrogen (secondary N) is 1. The van der Waals surface area contributed by atoms with E-state index in [0.717, 1.165) is 43.9 Å². The number of aromatic nitrogens is 3. The molecule has 0 bridgehead atoms. The van der Waals surface area contributed by atoms with Crippen LogP contribution in [0.4, 0.5) is 5.95 Å². The molecule has 0 spiro atoms. The lowest BCUT2D eigenvalue weighted by Gasteiger charge is -2.29. The number of nitrogens with zero attached hydrogens (tertiary/aromatic N) is 4. The van der Waals surface area contributed by atoms with E-state index in [1.165, 1.54) is 0 Å². The van der Waals surface area contributed by atoms with E-state index >= 15 is 0 Å². The summed E-state index contributed by atoms with van der Waals surface area (Å²) >= 11 is 0. The van der Waals surface area contributed by atoms with Crippen LogP contribution < -0.4 is 10.9 Å². The molecule has 8 nitrogen and oxygen atoms in total. The monoisotopic (exact) mass is 447 g/mol. The van der Waals surface area contributed by atoms with Crippen LogP contribution in [0.1, 0.15) is 63.5 Å². The Bertz CT molecular complexity index is 1150. The summed E-state index contributed by atoms with van der Waals surface area (Å²) in [7, 11) is -2.08. The molecule has 4 rings (SSSR count). The van der Waals surface area contributed by atoms with Crippen molar-refractivity contribution in [1.29, 1.82) is 0 Å². The lowest BCUT2D eigenvalue weighted by Crippen LogP contribution is -2.38. The normalized spacial score (nSPS) is 29.3. The molecule has 0 saturated heterocycles. The van der Waals surface area contributed by atoms with Crippen molar-refractivity contribution in [3.8, 4) is 0 Å². The molecule has 2 atom stereocenters. The Morgan fingerprint density at radius 1 is 1.26 bits per heavy atom. The molecule has 2 fully saturated rings. The Labute approximate surface area is 183 Å². The molecule has 2 aliphatic rings. The molecule has 170 valence electrons. The molecule has 0 aliphatic heterocycles. The minimum absolute atomic E-state index is 0.103. The highest BCUT2D eigenvalue weighted by molar-refractivity contribution is 7.92. The molecule has 2 aromatic rings. The van der Waals surface area contributed by atoms with Crippen LogP contribution in [0, 0.1) is 6.92 Å². The van der Waals surface area contributed by atoms with E-state index in [4.69, 9.17) is 4.98 Å². The van der Waals surface area contributed by atoms with E-state index in [1.54, 1.807) is 37.1 Å². The zero-order valence-corrected chi connectivity index (χ0v) is 19.6. The third kappa shape index (κ3) is 4.77. The molecule has 0 radical (unpaired) electrons. The maximum absolute atomic E-state index is 13.0. The highest BCUT2D eigenvalue weighted by Crippen LogP contribution is 2.39. The van der Waals surface area contributed by atoms with Crippen molar-refractivity contribution in [2.75, 3.05) is 17.8 Å². The SMILES string of the molecule is Cc1cc2cnc(NC3CCC(N=S(C)(C)=O)CC3)nc2n([C@H]2CCC[C@@]2(C)O)c1=O. The van der Waals surface area contributed by atoms with Crippen LogP contribution in [0.5, 0.6) is 0 Å². The van der Waals surface area contributed by atoms with Crippen LogP contribution in [-0.4, -0.2) is 54.0 Å². The van der Waals surface area contributed by atoms with E-state index in [-0.39, 0.29) is 23.7 Å².